The Balaban J connectivity index is 1.81. The number of hydrogen-bond donors (Lipinski definition) is 2. The SMILES string of the molecule is NNC(Cc1ccco1)C1CCCc2sccc21. The summed E-state index contributed by atoms with van der Waals surface area (Å²) in [6.07, 6.45) is 6.26. The van der Waals surface area contributed by atoms with Crippen LogP contribution in [0.1, 0.15) is 35.0 Å². The third-order valence-electron chi connectivity index (χ3n) is 3.80. The van der Waals surface area contributed by atoms with Gasteiger partial charge in [0.05, 0.1) is 6.26 Å². The smallest absolute Gasteiger partial charge is 0.105 e. The molecule has 18 heavy (non-hydrogen) atoms. The van der Waals surface area contributed by atoms with Crippen LogP contribution in [0.3, 0.4) is 0 Å². The van der Waals surface area contributed by atoms with Crippen molar-refractivity contribution in [3.8, 4) is 0 Å². The Bertz CT molecular complexity index is 492. The van der Waals surface area contributed by atoms with E-state index in [1.54, 1.807) is 6.26 Å². The fraction of sp³-hybridized carbons (Fsp3) is 0.429. The van der Waals surface area contributed by atoms with Gasteiger partial charge in [0, 0.05) is 23.3 Å². The molecular formula is C14H18N2OS. The van der Waals surface area contributed by atoms with Crippen molar-refractivity contribution < 1.29 is 4.42 Å². The Morgan fingerprint density at radius 2 is 2.44 bits per heavy atom. The maximum atomic E-state index is 5.76. The molecule has 0 aliphatic heterocycles. The predicted octanol–water partition coefficient (Wildman–Crippen LogP) is 2.84. The number of rotatable bonds is 4. The number of hydrogen-bond acceptors (Lipinski definition) is 4. The molecule has 1 aliphatic carbocycles. The third kappa shape index (κ3) is 2.23. The molecule has 0 fully saturated rings. The summed E-state index contributed by atoms with van der Waals surface area (Å²) < 4.78 is 5.43. The first-order chi connectivity index (χ1) is 8.88. The van der Waals surface area contributed by atoms with Crippen LogP contribution in [0.25, 0.3) is 0 Å². The van der Waals surface area contributed by atoms with Crippen molar-refractivity contribution in [2.75, 3.05) is 0 Å². The number of fused-ring (bicyclic) bond motifs is 1. The van der Waals surface area contributed by atoms with Crippen LogP contribution >= 0.6 is 11.3 Å². The van der Waals surface area contributed by atoms with Gasteiger partial charge in [-0.15, -0.1) is 11.3 Å². The minimum Gasteiger partial charge on any atom is -0.469 e. The highest BCUT2D eigenvalue weighted by molar-refractivity contribution is 7.10. The van der Waals surface area contributed by atoms with Crippen molar-refractivity contribution in [3.05, 3.63) is 46.0 Å². The minimum absolute atomic E-state index is 0.254. The molecule has 2 heterocycles. The zero-order valence-electron chi connectivity index (χ0n) is 10.3. The lowest BCUT2D eigenvalue weighted by Gasteiger charge is -2.29. The van der Waals surface area contributed by atoms with Crippen LogP contribution in [0.2, 0.25) is 0 Å². The lowest BCUT2D eigenvalue weighted by molar-refractivity contribution is 0.370. The highest BCUT2D eigenvalue weighted by atomic mass is 32.1. The molecule has 3 nitrogen and oxygen atoms in total. The number of hydrazine groups is 1. The van der Waals surface area contributed by atoms with Gasteiger partial charge in [-0.2, -0.15) is 0 Å². The first-order valence-corrected chi connectivity index (χ1v) is 7.31. The Labute approximate surface area is 111 Å². The number of aryl methyl sites for hydroxylation is 1. The topological polar surface area (TPSA) is 51.2 Å². The summed E-state index contributed by atoms with van der Waals surface area (Å²) in [5, 5.41) is 2.20. The molecule has 0 bridgehead atoms. The maximum Gasteiger partial charge on any atom is 0.105 e. The van der Waals surface area contributed by atoms with Gasteiger partial charge in [0.1, 0.15) is 5.76 Å². The number of nitrogens with one attached hydrogen (secondary N) is 1. The third-order valence-corrected chi connectivity index (χ3v) is 4.80. The van der Waals surface area contributed by atoms with E-state index in [0.29, 0.717) is 5.92 Å². The monoisotopic (exact) mass is 262 g/mol. The first-order valence-electron chi connectivity index (χ1n) is 6.43. The molecule has 2 aromatic heterocycles. The minimum atomic E-state index is 0.254. The van der Waals surface area contributed by atoms with Gasteiger partial charge in [0.15, 0.2) is 0 Å². The average Bonchev–Trinajstić information content (AvgIpc) is 3.06. The summed E-state index contributed by atoms with van der Waals surface area (Å²) in [7, 11) is 0. The normalized spacial score (nSPS) is 20.6. The molecule has 1 aliphatic rings. The van der Waals surface area contributed by atoms with Gasteiger partial charge in [-0.3, -0.25) is 11.3 Å². The van der Waals surface area contributed by atoms with Gasteiger partial charge < -0.3 is 4.42 Å². The van der Waals surface area contributed by atoms with E-state index in [9.17, 15) is 0 Å². The van der Waals surface area contributed by atoms with Crippen LogP contribution in [0, 0.1) is 0 Å². The van der Waals surface area contributed by atoms with Crippen molar-refractivity contribution in [1.82, 2.24) is 5.43 Å². The van der Waals surface area contributed by atoms with Crippen molar-refractivity contribution in [2.24, 2.45) is 5.84 Å². The Morgan fingerprint density at radius 3 is 3.22 bits per heavy atom. The van der Waals surface area contributed by atoms with Gasteiger partial charge in [0.2, 0.25) is 0 Å². The lowest BCUT2D eigenvalue weighted by Crippen LogP contribution is -2.42. The highest BCUT2D eigenvalue weighted by Gasteiger charge is 2.28. The van der Waals surface area contributed by atoms with Gasteiger partial charge in [-0.05, 0) is 48.4 Å². The van der Waals surface area contributed by atoms with Crippen molar-refractivity contribution in [1.29, 1.82) is 0 Å². The van der Waals surface area contributed by atoms with Crippen LogP contribution in [-0.2, 0) is 12.8 Å². The molecule has 96 valence electrons. The highest BCUT2D eigenvalue weighted by Crippen LogP contribution is 2.37. The van der Waals surface area contributed by atoms with Crippen molar-refractivity contribution in [3.63, 3.8) is 0 Å². The Hall–Kier alpha value is -1.10. The molecule has 2 atom stereocenters. The molecule has 0 amide bonds. The summed E-state index contributed by atoms with van der Waals surface area (Å²) in [5.41, 5.74) is 4.47. The largest absolute Gasteiger partial charge is 0.469 e. The van der Waals surface area contributed by atoms with Crippen LogP contribution in [-0.4, -0.2) is 6.04 Å². The van der Waals surface area contributed by atoms with Crippen LogP contribution in [0.15, 0.2) is 34.3 Å². The molecule has 0 spiro atoms. The standard InChI is InChI=1S/C14H18N2OS/c15-16-13(9-10-3-2-7-17-10)11-4-1-5-14-12(11)6-8-18-14/h2-3,6-8,11,13,16H,1,4-5,9,15H2. The summed E-state index contributed by atoms with van der Waals surface area (Å²) in [4.78, 5) is 1.53. The molecule has 3 rings (SSSR count). The van der Waals surface area contributed by atoms with Crippen LogP contribution in [0.4, 0.5) is 0 Å². The van der Waals surface area contributed by atoms with Gasteiger partial charge in [-0.1, -0.05) is 0 Å². The molecule has 2 aromatic rings. The molecule has 0 saturated carbocycles. The number of nitrogens with two attached hydrogens (primary N) is 1. The van der Waals surface area contributed by atoms with E-state index in [1.165, 1.54) is 29.7 Å². The molecule has 2 unspecified atom stereocenters. The number of furan rings is 1. The van der Waals surface area contributed by atoms with E-state index in [1.807, 2.05) is 23.5 Å². The molecule has 0 aromatic carbocycles. The van der Waals surface area contributed by atoms with E-state index in [4.69, 9.17) is 10.3 Å². The summed E-state index contributed by atoms with van der Waals surface area (Å²) >= 11 is 1.87. The summed E-state index contributed by atoms with van der Waals surface area (Å²) in [5.74, 6) is 7.27. The fourth-order valence-corrected chi connectivity index (χ4v) is 3.90. The average molecular weight is 262 g/mol. The van der Waals surface area contributed by atoms with Gasteiger partial charge in [0.25, 0.3) is 0 Å². The number of thiophene rings is 1. The van der Waals surface area contributed by atoms with Crippen molar-refractivity contribution in [2.45, 2.75) is 37.6 Å². The van der Waals surface area contributed by atoms with E-state index in [0.717, 1.165) is 12.2 Å². The summed E-state index contributed by atoms with van der Waals surface area (Å²) in [6.45, 7) is 0. The van der Waals surface area contributed by atoms with Crippen molar-refractivity contribution >= 4 is 11.3 Å². The predicted molar refractivity (Wildman–Crippen MR) is 73.5 cm³/mol. The van der Waals surface area contributed by atoms with E-state index >= 15 is 0 Å². The molecule has 0 saturated heterocycles. The van der Waals surface area contributed by atoms with E-state index in [2.05, 4.69) is 16.9 Å². The zero-order valence-corrected chi connectivity index (χ0v) is 11.1. The second kappa shape index (κ2) is 5.26. The van der Waals surface area contributed by atoms with Gasteiger partial charge >= 0.3 is 0 Å². The van der Waals surface area contributed by atoms with E-state index in [-0.39, 0.29) is 6.04 Å². The zero-order chi connectivity index (χ0) is 12.4. The Kier molecular flexibility index (Phi) is 3.50. The molecule has 4 heteroatoms. The second-order valence-electron chi connectivity index (χ2n) is 4.85. The molecular weight excluding hydrogens is 244 g/mol. The van der Waals surface area contributed by atoms with Crippen LogP contribution < -0.4 is 11.3 Å². The molecule has 3 N–H and O–H groups in total. The second-order valence-corrected chi connectivity index (χ2v) is 5.86. The fourth-order valence-electron chi connectivity index (χ4n) is 2.90. The van der Waals surface area contributed by atoms with E-state index < -0.39 is 0 Å². The molecule has 0 radical (unpaired) electrons. The van der Waals surface area contributed by atoms with Gasteiger partial charge in [-0.25, -0.2) is 0 Å². The quantitative estimate of drug-likeness (QED) is 0.658. The first kappa shape index (κ1) is 12.0. The lowest BCUT2D eigenvalue weighted by atomic mass is 9.81. The maximum absolute atomic E-state index is 5.76. The van der Waals surface area contributed by atoms with Crippen LogP contribution in [0.5, 0.6) is 0 Å². The Morgan fingerprint density at radius 1 is 1.50 bits per heavy atom. The summed E-state index contributed by atoms with van der Waals surface area (Å²) in [6, 6.07) is 6.46.